The molecule has 2 aliphatic carbocycles. The van der Waals surface area contributed by atoms with Gasteiger partial charge < -0.3 is 5.32 Å². The summed E-state index contributed by atoms with van der Waals surface area (Å²) >= 11 is 6.37. The monoisotopic (exact) mass is 433 g/mol. The summed E-state index contributed by atoms with van der Waals surface area (Å²) in [6.07, 6.45) is 6.84. The second-order valence-electron chi connectivity index (χ2n) is 8.66. The Labute approximate surface area is 186 Å². The number of nitrogens with zero attached hydrogens (tertiary/aromatic N) is 4. The molecular weight excluding hydrogens is 410 g/mol. The van der Waals surface area contributed by atoms with Crippen LogP contribution in [0.1, 0.15) is 55.8 Å². The van der Waals surface area contributed by atoms with Gasteiger partial charge in [-0.05, 0) is 61.9 Å². The van der Waals surface area contributed by atoms with Crippen molar-refractivity contribution in [2.75, 3.05) is 10.3 Å². The molecule has 31 heavy (non-hydrogen) atoms. The number of aromatic nitrogens is 1. The average Bonchev–Trinajstić information content (AvgIpc) is 3.40. The molecule has 3 aliphatic rings. The highest BCUT2D eigenvalue weighted by molar-refractivity contribution is 6.32. The zero-order valence-electron chi connectivity index (χ0n) is 17.4. The number of pyridine rings is 1. The highest BCUT2D eigenvalue weighted by Gasteiger charge is 2.45. The third-order valence-electron chi connectivity index (χ3n) is 6.73. The van der Waals surface area contributed by atoms with Crippen molar-refractivity contribution in [3.63, 3.8) is 0 Å². The fourth-order valence-corrected chi connectivity index (χ4v) is 5.63. The van der Waals surface area contributed by atoms with Crippen LogP contribution in [0.15, 0.2) is 35.4 Å². The van der Waals surface area contributed by atoms with Gasteiger partial charge in [0.15, 0.2) is 0 Å². The average molecular weight is 434 g/mol. The standard InChI is InChI=1S/C24H24ClN5O/c1-14(31)27-22-11-9-18-21(28-22)10-8-19-23(18)29-30(24(19)15-4-2-3-5-15)17-7-6-16(13-26)20(25)12-17/h6-7,9,11-12,15,19,24H,2-5,8,10H2,1H3,(H,27,28,31). The number of anilines is 2. The summed E-state index contributed by atoms with van der Waals surface area (Å²) in [5.41, 5.74) is 4.57. The minimum absolute atomic E-state index is 0.121. The summed E-state index contributed by atoms with van der Waals surface area (Å²) in [6, 6.07) is 11.9. The van der Waals surface area contributed by atoms with E-state index in [2.05, 4.69) is 21.4 Å². The van der Waals surface area contributed by atoms with Crippen LogP contribution in [-0.4, -0.2) is 22.6 Å². The first-order chi connectivity index (χ1) is 15.0. The van der Waals surface area contributed by atoms with E-state index in [1.807, 2.05) is 24.3 Å². The summed E-state index contributed by atoms with van der Waals surface area (Å²) in [5.74, 6) is 1.41. The number of carbonyl (C=O) groups is 1. The number of hydrogen-bond donors (Lipinski definition) is 1. The number of halogens is 1. The number of rotatable bonds is 3. The Balaban J connectivity index is 1.56. The first-order valence-corrected chi connectivity index (χ1v) is 11.3. The van der Waals surface area contributed by atoms with Gasteiger partial charge in [0.05, 0.1) is 33.7 Å². The van der Waals surface area contributed by atoms with E-state index in [1.165, 1.54) is 32.6 Å². The van der Waals surface area contributed by atoms with E-state index in [9.17, 15) is 10.1 Å². The topological polar surface area (TPSA) is 81.4 Å². The second kappa shape index (κ2) is 7.97. The van der Waals surface area contributed by atoms with Gasteiger partial charge in [0.25, 0.3) is 0 Å². The predicted molar refractivity (Wildman–Crippen MR) is 121 cm³/mol. The largest absolute Gasteiger partial charge is 0.311 e. The molecule has 1 aromatic heterocycles. The molecule has 0 saturated heterocycles. The molecule has 1 aliphatic heterocycles. The number of benzene rings is 1. The molecule has 6 nitrogen and oxygen atoms in total. The van der Waals surface area contributed by atoms with Gasteiger partial charge in [0.2, 0.25) is 5.91 Å². The molecule has 1 aromatic carbocycles. The summed E-state index contributed by atoms with van der Waals surface area (Å²) in [7, 11) is 0. The lowest BCUT2D eigenvalue weighted by atomic mass is 9.76. The fraction of sp³-hybridized carbons (Fsp3) is 0.417. The molecule has 1 saturated carbocycles. The normalized spacial score (nSPS) is 22.5. The molecular formula is C24H24ClN5O. The third-order valence-corrected chi connectivity index (χ3v) is 7.04. The Morgan fingerprint density at radius 2 is 2.03 bits per heavy atom. The Kier molecular flexibility index (Phi) is 5.15. The Hall–Kier alpha value is -2.91. The zero-order valence-corrected chi connectivity index (χ0v) is 18.2. The van der Waals surface area contributed by atoms with Crippen LogP contribution in [0.5, 0.6) is 0 Å². The highest BCUT2D eigenvalue weighted by Crippen LogP contribution is 2.45. The van der Waals surface area contributed by atoms with Gasteiger partial charge in [-0.3, -0.25) is 9.80 Å². The number of aryl methyl sites for hydroxylation is 1. The van der Waals surface area contributed by atoms with E-state index in [0.717, 1.165) is 35.5 Å². The van der Waals surface area contributed by atoms with Crippen LogP contribution in [0, 0.1) is 23.2 Å². The molecule has 2 heterocycles. The molecule has 2 aromatic rings. The first kappa shape index (κ1) is 20.0. The summed E-state index contributed by atoms with van der Waals surface area (Å²) in [4.78, 5) is 16.1. The maximum absolute atomic E-state index is 11.4. The molecule has 158 valence electrons. The predicted octanol–water partition coefficient (Wildman–Crippen LogP) is 4.91. The van der Waals surface area contributed by atoms with Crippen LogP contribution < -0.4 is 10.3 Å². The van der Waals surface area contributed by atoms with Gasteiger partial charge in [-0.2, -0.15) is 10.4 Å². The van der Waals surface area contributed by atoms with Crippen molar-refractivity contribution < 1.29 is 4.79 Å². The molecule has 0 bridgehead atoms. The molecule has 2 unspecified atom stereocenters. The van der Waals surface area contributed by atoms with Crippen molar-refractivity contribution in [1.29, 1.82) is 5.26 Å². The van der Waals surface area contributed by atoms with Crippen LogP contribution in [0.4, 0.5) is 11.5 Å². The van der Waals surface area contributed by atoms with Crippen molar-refractivity contribution in [2.45, 2.75) is 51.5 Å². The number of hydrogen-bond acceptors (Lipinski definition) is 5. The van der Waals surface area contributed by atoms with E-state index in [-0.39, 0.29) is 5.91 Å². The quantitative estimate of drug-likeness (QED) is 0.745. The van der Waals surface area contributed by atoms with Crippen molar-refractivity contribution in [1.82, 2.24) is 4.98 Å². The van der Waals surface area contributed by atoms with Crippen molar-refractivity contribution in [2.24, 2.45) is 16.9 Å². The SMILES string of the molecule is CC(=O)Nc1ccc2c(n1)CCC1C2=NN(c2ccc(C#N)c(Cl)c2)C1C1CCCC1. The van der Waals surface area contributed by atoms with Gasteiger partial charge in [-0.15, -0.1) is 0 Å². The number of hydrazone groups is 1. The highest BCUT2D eigenvalue weighted by atomic mass is 35.5. The van der Waals surface area contributed by atoms with Crippen molar-refractivity contribution in [3.05, 3.63) is 52.2 Å². The van der Waals surface area contributed by atoms with Crippen LogP contribution in [0.3, 0.4) is 0 Å². The van der Waals surface area contributed by atoms with E-state index in [4.69, 9.17) is 16.7 Å². The molecule has 1 amide bonds. The van der Waals surface area contributed by atoms with Gasteiger partial charge in [-0.1, -0.05) is 24.4 Å². The van der Waals surface area contributed by atoms with Crippen molar-refractivity contribution in [3.8, 4) is 6.07 Å². The number of nitriles is 1. The molecule has 1 N–H and O–H groups in total. The Bertz CT molecular complexity index is 1120. The maximum Gasteiger partial charge on any atom is 0.222 e. The lowest BCUT2D eigenvalue weighted by Gasteiger charge is -2.34. The minimum atomic E-state index is -0.121. The minimum Gasteiger partial charge on any atom is -0.311 e. The fourth-order valence-electron chi connectivity index (χ4n) is 5.41. The Morgan fingerprint density at radius 3 is 2.74 bits per heavy atom. The first-order valence-electron chi connectivity index (χ1n) is 10.9. The molecule has 5 rings (SSSR count). The van der Waals surface area contributed by atoms with E-state index in [1.54, 1.807) is 6.07 Å². The van der Waals surface area contributed by atoms with Crippen LogP contribution in [0.2, 0.25) is 5.02 Å². The molecule has 7 heteroatoms. The third kappa shape index (κ3) is 3.57. The van der Waals surface area contributed by atoms with Gasteiger partial charge in [0, 0.05) is 18.4 Å². The number of carbonyl (C=O) groups excluding carboxylic acids is 1. The number of amides is 1. The lowest BCUT2D eigenvalue weighted by Crippen LogP contribution is -2.40. The molecule has 0 spiro atoms. The van der Waals surface area contributed by atoms with Gasteiger partial charge in [-0.25, -0.2) is 4.98 Å². The summed E-state index contributed by atoms with van der Waals surface area (Å²) in [6.45, 7) is 1.49. The van der Waals surface area contributed by atoms with Crippen LogP contribution in [0.25, 0.3) is 0 Å². The van der Waals surface area contributed by atoms with E-state index < -0.39 is 0 Å². The Morgan fingerprint density at radius 1 is 1.23 bits per heavy atom. The molecule has 0 radical (unpaired) electrons. The lowest BCUT2D eigenvalue weighted by molar-refractivity contribution is -0.114. The zero-order chi connectivity index (χ0) is 21.5. The smallest absolute Gasteiger partial charge is 0.222 e. The van der Waals surface area contributed by atoms with Crippen LogP contribution >= 0.6 is 11.6 Å². The van der Waals surface area contributed by atoms with E-state index >= 15 is 0 Å². The van der Waals surface area contributed by atoms with Crippen LogP contribution in [-0.2, 0) is 11.2 Å². The number of fused-ring (bicyclic) bond motifs is 3. The molecule has 2 atom stereocenters. The molecule has 1 fully saturated rings. The summed E-state index contributed by atoms with van der Waals surface area (Å²) < 4.78 is 0. The van der Waals surface area contributed by atoms with Gasteiger partial charge >= 0.3 is 0 Å². The van der Waals surface area contributed by atoms with Gasteiger partial charge in [0.1, 0.15) is 11.9 Å². The van der Waals surface area contributed by atoms with E-state index in [0.29, 0.717) is 34.3 Å². The second-order valence-corrected chi connectivity index (χ2v) is 9.07. The summed E-state index contributed by atoms with van der Waals surface area (Å²) in [5, 5.41) is 19.8. The maximum atomic E-state index is 11.4. The number of nitrogens with one attached hydrogen (secondary N) is 1. The van der Waals surface area contributed by atoms with Crippen molar-refractivity contribution >= 4 is 34.7 Å².